The molecule has 1 aliphatic rings. The van der Waals surface area contributed by atoms with Gasteiger partial charge in [0, 0.05) is 6.54 Å². The highest BCUT2D eigenvalue weighted by Crippen LogP contribution is 2.39. The highest BCUT2D eigenvalue weighted by atomic mass is 16.6. The summed E-state index contributed by atoms with van der Waals surface area (Å²) >= 11 is 0. The van der Waals surface area contributed by atoms with Gasteiger partial charge in [-0.3, -0.25) is 4.90 Å². The summed E-state index contributed by atoms with van der Waals surface area (Å²) in [5.41, 5.74) is -0.764. The fourth-order valence-electron chi connectivity index (χ4n) is 2.53. The van der Waals surface area contributed by atoms with Crippen LogP contribution in [-0.4, -0.2) is 40.3 Å². The van der Waals surface area contributed by atoms with Crippen molar-refractivity contribution in [2.75, 3.05) is 6.54 Å². The lowest BCUT2D eigenvalue weighted by molar-refractivity contribution is -0.144. The molecule has 1 N–H and O–H groups in total. The van der Waals surface area contributed by atoms with Crippen molar-refractivity contribution in [1.82, 2.24) is 4.90 Å². The Labute approximate surface area is 114 Å². The molecule has 0 saturated carbocycles. The van der Waals surface area contributed by atoms with E-state index in [1.807, 2.05) is 20.8 Å². The Morgan fingerprint density at radius 3 is 2.05 bits per heavy atom. The monoisotopic (exact) mass is 271 g/mol. The van der Waals surface area contributed by atoms with Crippen molar-refractivity contribution in [2.45, 2.75) is 59.6 Å². The number of aliphatic carboxylic acids is 1. The van der Waals surface area contributed by atoms with Gasteiger partial charge in [0.15, 0.2) is 0 Å². The maximum absolute atomic E-state index is 12.1. The third-order valence-electron chi connectivity index (χ3n) is 3.39. The molecule has 1 rings (SSSR count). The third-order valence-corrected chi connectivity index (χ3v) is 3.39. The summed E-state index contributed by atoms with van der Waals surface area (Å²) < 4.78 is 5.29. The molecule has 110 valence electrons. The van der Waals surface area contributed by atoms with Gasteiger partial charge in [-0.15, -0.1) is 0 Å². The predicted octanol–water partition coefficient (Wildman–Crippen LogP) is 2.74. The molecule has 2 atom stereocenters. The second-order valence-electron chi connectivity index (χ2n) is 7.22. The number of carbonyl (C=O) groups is 2. The molecule has 0 spiro atoms. The number of hydrogen-bond donors (Lipinski definition) is 1. The van der Waals surface area contributed by atoms with Crippen molar-refractivity contribution in [2.24, 2.45) is 11.3 Å². The van der Waals surface area contributed by atoms with Gasteiger partial charge in [0.2, 0.25) is 0 Å². The van der Waals surface area contributed by atoms with Crippen molar-refractivity contribution in [1.29, 1.82) is 0 Å². The van der Waals surface area contributed by atoms with Crippen LogP contribution in [-0.2, 0) is 9.53 Å². The molecule has 1 amide bonds. The van der Waals surface area contributed by atoms with Crippen LogP contribution in [0.2, 0.25) is 0 Å². The first-order valence-corrected chi connectivity index (χ1v) is 6.66. The number of ether oxygens (including phenoxy) is 1. The number of amides is 1. The summed E-state index contributed by atoms with van der Waals surface area (Å²) in [5.74, 6) is -1.01. The zero-order chi connectivity index (χ0) is 15.0. The van der Waals surface area contributed by atoms with Gasteiger partial charge in [-0.2, -0.15) is 0 Å². The van der Waals surface area contributed by atoms with Gasteiger partial charge in [-0.05, 0) is 38.5 Å². The molecular formula is C14H25NO4. The normalized spacial score (nSPS) is 24.4. The average molecular weight is 271 g/mol. The average Bonchev–Trinajstić information content (AvgIpc) is 2.57. The van der Waals surface area contributed by atoms with Gasteiger partial charge in [0.25, 0.3) is 0 Å². The molecule has 19 heavy (non-hydrogen) atoms. The lowest BCUT2D eigenvalue weighted by atomic mass is 9.76. The third kappa shape index (κ3) is 3.85. The first-order valence-electron chi connectivity index (χ1n) is 6.66. The van der Waals surface area contributed by atoms with Crippen LogP contribution >= 0.6 is 0 Å². The van der Waals surface area contributed by atoms with Gasteiger partial charge in [0.1, 0.15) is 11.6 Å². The number of carbonyl (C=O) groups excluding carboxylic acids is 1. The maximum atomic E-state index is 12.1. The van der Waals surface area contributed by atoms with Crippen LogP contribution in [0.5, 0.6) is 0 Å². The summed E-state index contributed by atoms with van der Waals surface area (Å²) in [6, 6.07) is -0.796. The molecule has 5 nitrogen and oxygen atoms in total. The van der Waals surface area contributed by atoms with Crippen LogP contribution in [0.4, 0.5) is 4.79 Å². The second kappa shape index (κ2) is 5.02. The Hall–Kier alpha value is -1.26. The van der Waals surface area contributed by atoms with E-state index in [1.54, 1.807) is 20.8 Å². The molecule has 0 aromatic carbocycles. The predicted molar refractivity (Wildman–Crippen MR) is 71.9 cm³/mol. The first-order chi connectivity index (χ1) is 8.43. The Bertz CT molecular complexity index is 365. The molecule has 0 aliphatic carbocycles. The van der Waals surface area contributed by atoms with Crippen molar-refractivity contribution in [3.63, 3.8) is 0 Å². The number of hydrogen-bond acceptors (Lipinski definition) is 3. The molecule has 0 aromatic rings. The van der Waals surface area contributed by atoms with Crippen LogP contribution in [0.25, 0.3) is 0 Å². The quantitative estimate of drug-likeness (QED) is 0.796. The minimum atomic E-state index is -0.955. The smallest absolute Gasteiger partial charge is 0.411 e. The lowest BCUT2D eigenvalue weighted by Crippen LogP contribution is -2.47. The fraction of sp³-hybridized carbons (Fsp3) is 0.857. The highest BCUT2D eigenvalue weighted by molar-refractivity contribution is 5.81. The molecule has 1 saturated heterocycles. The van der Waals surface area contributed by atoms with Crippen LogP contribution in [0.3, 0.4) is 0 Å². The van der Waals surface area contributed by atoms with Crippen LogP contribution < -0.4 is 0 Å². The molecule has 1 fully saturated rings. The summed E-state index contributed by atoms with van der Waals surface area (Å²) in [6.45, 7) is 11.8. The number of carboxylic acids is 1. The van der Waals surface area contributed by atoms with Gasteiger partial charge in [0.05, 0.1) is 0 Å². The van der Waals surface area contributed by atoms with Gasteiger partial charge < -0.3 is 9.84 Å². The lowest BCUT2D eigenvalue weighted by Gasteiger charge is -2.33. The van der Waals surface area contributed by atoms with Crippen molar-refractivity contribution >= 4 is 12.1 Å². The maximum Gasteiger partial charge on any atom is 0.411 e. The molecule has 0 bridgehead atoms. The van der Waals surface area contributed by atoms with Crippen molar-refractivity contribution < 1.29 is 19.4 Å². The second-order valence-corrected chi connectivity index (χ2v) is 7.22. The standard InChI is InChI=1S/C14H25NO4/c1-13(2,3)9-7-8-15(10(9)11(16)17)12(18)19-14(4,5)6/h9-10H,7-8H2,1-6H3,(H,16,17)/t9-,10+/m0/s1. The number of likely N-dealkylation sites (tertiary alicyclic amines) is 1. The number of carboxylic acid groups (broad SMARTS) is 1. The Morgan fingerprint density at radius 1 is 1.16 bits per heavy atom. The molecule has 0 radical (unpaired) electrons. The minimum absolute atomic E-state index is 0.0579. The van der Waals surface area contributed by atoms with Crippen molar-refractivity contribution in [3.8, 4) is 0 Å². The summed E-state index contributed by atoms with van der Waals surface area (Å²) in [4.78, 5) is 24.9. The van der Waals surface area contributed by atoms with E-state index in [4.69, 9.17) is 4.74 Å². The Balaban J connectivity index is 2.91. The van der Waals surface area contributed by atoms with E-state index in [2.05, 4.69) is 0 Å². The van der Waals surface area contributed by atoms with E-state index in [0.29, 0.717) is 13.0 Å². The van der Waals surface area contributed by atoms with E-state index in [-0.39, 0.29) is 11.3 Å². The van der Waals surface area contributed by atoms with Crippen LogP contribution in [0.1, 0.15) is 48.0 Å². The van der Waals surface area contributed by atoms with E-state index in [9.17, 15) is 14.7 Å². The minimum Gasteiger partial charge on any atom is -0.480 e. The van der Waals surface area contributed by atoms with Gasteiger partial charge >= 0.3 is 12.1 Å². The Morgan fingerprint density at radius 2 is 1.68 bits per heavy atom. The van der Waals surface area contributed by atoms with Crippen molar-refractivity contribution in [3.05, 3.63) is 0 Å². The molecule has 0 unspecified atom stereocenters. The molecule has 0 aromatic heterocycles. The zero-order valence-electron chi connectivity index (χ0n) is 12.7. The van der Waals surface area contributed by atoms with E-state index >= 15 is 0 Å². The topological polar surface area (TPSA) is 66.8 Å². The highest BCUT2D eigenvalue weighted by Gasteiger charge is 2.47. The van der Waals surface area contributed by atoms with E-state index in [1.165, 1.54) is 4.90 Å². The van der Waals surface area contributed by atoms with Gasteiger partial charge in [-0.1, -0.05) is 20.8 Å². The van der Waals surface area contributed by atoms with Gasteiger partial charge in [-0.25, -0.2) is 9.59 Å². The van der Waals surface area contributed by atoms with Crippen LogP contribution in [0.15, 0.2) is 0 Å². The van der Waals surface area contributed by atoms with E-state index < -0.39 is 23.7 Å². The zero-order valence-corrected chi connectivity index (χ0v) is 12.7. The molecule has 5 heteroatoms. The largest absolute Gasteiger partial charge is 0.480 e. The first kappa shape index (κ1) is 15.8. The fourth-order valence-corrected chi connectivity index (χ4v) is 2.53. The SMILES string of the molecule is CC(C)(C)OC(=O)N1CC[C@H](C(C)(C)C)[C@@H]1C(=O)O. The van der Waals surface area contributed by atoms with Crippen LogP contribution in [0, 0.1) is 11.3 Å². The molecule has 1 aliphatic heterocycles. The number of rotatable bonds is 1. The van der Waals surface area contributed by atoms with E-state index in [0.717, 1.165) is 0 Å². The molecule has 1 heterocycles. The number of nitrogens with zero attached hydrogens (tertiary/aromatic N) is 1. The summed E-state index contributed by atoms with van der Waals surface area (Å²) in [5, 5.41) is 9.42. The summed E-state index contributed by atoms with van der Waals surface area (Å²) in [7, 11) is 0. The summed E-state index contributed by atoms with van der Waals surface area (Å²) in [6.07, 6.45) is 0.159. The Kier molecular flexibility index (Phi) is 4.17. The molecular weight excluding hydrogens is 246 g/mol.